The Balaban J connectivity index is 2.28. The summed E-state index contributed by atoms with van der Waals surface area (Å²) in [7, 11) is 1.63. The number of carbonyl (C=O) groups excluding carboxylic acids is 2. The van der Waals surface area contributed by atoms with Gasteiger partial charge in [0.2, 0.25) is 11.6 Å². The monoisotopic (exact) mass is 352 g/mol. The van der Waals surface area contributed by atoms with Crippen LogP contribution in [0.5, 0.6) is 5.75 Å². The van der Waals surface area contributed by atoms with Crippen molar-refractivity contribution in [3.8, 4) is 5.75 Å². The highest BCUT2D eigenvalue weighted by molar-refractivity contribution is 6.46. The van der Waals surface area contributed by atoms with E-state index in [0.29, 0.717) is 0 Å². The number of ketones is 2. The van der Waals surface area contributed by atoms with Gasteiger partial charge in [0.1, 0.15) is 5.75 Å². The van der Waals surface area contributed by atoms with E-state index in [-0.39, 0.29) is 22.4 Å². The molecule has 0 saturated carbocycles. The quantitative estimate of drug-likeness (QED) is 0.563. The zero-order chi connectivity index (χ0) is 19.5. The van der Waals surface area contributed by atoms with Crippen LogP contribution in [0.15, 0.2) is 42.0 Å². The van der Waals surface area contributed by atoms with Crippen molar-refractivity contribution < 1.29 is 14.3 Å². The molecule has 2 bridgehead atoms. The predicted octanol–water partition coefficient (Wildman–Crippen LogP) is 4.87. The Morgan fingerprint density at radius 3 is 1.96 bits per heavy atom. The van der Waals surface area contributed by atoms with Crippen LogP contribution in [0.2, 0.25) is 0 Å². The van der Waals surface area contributed by atoms with E-state index >= 15 is 0 Å². The summed E-state index contributed by atoms with van der Waals surface area (Å²) in [4.78, 5) is 26.2. The minimum absolute atomic E-state index is 0.191. The average molecular weight is 352 g/mol. The molecular formula is C23H28O3. The number of hydrogen-bond donors (Lipinski definition) is 0. The summed E-state index contributed by atoms with van der Waals surface area (Å²) in [6.07, 6.45) is 4.12. The van der Waals surface area contributed by atoms with E-state index in [1.807, 2.05) is 51.1 Å². The maximum Gasteiger partial charge on any atom is 0.213 e. The van der Waals surface area contributed by atoms with Crippen LogP contribution >= 0.6 is 0 Å². The molecule has 1 aromatic carbocycles. The lowest BCUT2D eigenvalue weighted by molar-refractivity contribution is -0.145. The average Bonchev–Trinajstić information content (AvgIpc) is 2.56. The number of fused-ring (bicyclic) bond motifs is 1. The molecule has 3 heteroatoms. The van der Waals surface area contributed by atoms with Crippen LogP contribution in [0.3, 0.4) is 0 Å². The van der Waals surface area contributed by atoms with Crippen molar-refractivity contribution in [2.75, 3.05) is 7.11 Å². The molecule has 0 amide bonds. The third-order valence-electron chi connectivity index (χ3n) is 5.78. The lowest BCUT2D eigenvalue weighted by atomic mass is 9.50. The molecule has 0 heterocycles. The fourth-order valence-electron chi connectivity index (χ4n) is 4.07. The Morgan fingerprint density at radius 2 is 1.50 bits per heavy atom. The van der Waals surface area contributed by atoms with Gasteiger partial charge in [-0.3, -0.25) is 9.59 Å². The second-order valence-electron chi connectivity index (χ2n) is 9.42. The van der Waals surface area contributed by atoms with Crippen molar-refractivity contribution in [1.82, 2.24) is 0 Å². The maximum atomic E-state index is 13.1. The number of rotatable bonds is 2. The molecule has 2 unspecified atom stereocenters. The van der Waals surface area contributed by atoms with Crippen molar-refractivity contribution >= 4 is 17.1 Å². The Kier molecular flexibility index (Phi) is 4.06. The van der Waals surface area contributed by atoms with E-state index in [1.54, 1.807) is 7.11 Å². The SMILES string of the molecule is COc1ccc(C2=CC3(C(C)(C)C)C=C(C(C)(C)C)C2C(=O)C3=O)cc1. The summed E-state index contributed by atoms with van der Waals surface area (Å²) in [5.74, 6) is -0.268. The molecule has 26 heavy (non-hydrogen) atoms. The van der Waals surface area contributed by atoms with Crippen LogP contribution in [-0.4, -0.2) is 18.7 Å². The number of hydrogen-bond acceptors (Lipinski definition) is 3. The summed E-state index contributed by atoms with van der Waals surface area (Å²) in [6.45, 7) is 12.4. The van der Waals surface area contributed by atoms with Gasteiger partial charge < -0.3 is 4.74 Å². The normalized spacial score (nSPS) is 25.9. The molecule has 0 spiro atoms. The number of Topliss-reactive ketones (excluding diaryl/α,β-unsaturated/α-hetero) is 2. The van der Waals surface area contributed by atoms with Crippen molar-refractivity contribution in [3.63, 3.8) is 0 Å². The van der Waals surface area contributed by atoms with Crippen molar-refractivity contribution in [1.29, 1.82) is 0 Å². The molecule has 0 aromatic heterocycles. The van der Waals surface area contributed by atoms with Crippen molar-refractivity contribution in [3.05, 3.63) is 47.6 Å². The summed E-state index contributed by atoms with van der Waals surface area (Å²) in [6, 6.07) is 7.74. The minimum atomic E-state index is -0.892. The van der Waals surface area contributed by atoms with Gasteiger partial charge in [0.15, 0.2) is 0 Å². The van der Waals surface area contributed by atoms with Gasteiger partial charge in [0, 0.05) is 0 Å². The number of methoxy groups -OCH3 is 1. The topological polar surface area (TPSA) is 43.4 Å². The molecule has 3 aliphatic carbocycles. The first-order valence-corrected chi connectivity index (χ1v) is 9.11. The highest BCUT2D eigenvalue weighted by Crippen LogP contribution is 2.57. The molecule has 0 N–H and O–H groups in total. The van der Waals surface area contributed by atoms with Crippen LogP contribution in [0.4, 0.5) is 0 Å². The van der Waals surface area contributed by atoms with Gasteiger partial charge in [-0.2, -0.15) is 0 Å². The van der Waals surface area contributed by atoms with Crippen molar-refractivity contribution in [2.24, 2.45) is 22.2 Å². The van der Waals surface area contributed by atoms with Crippen LogP contribution in [-0.2, 0) is 9.59 Å². The van der Waals surface area contributed by atoms with E-state index in [2.05, 4.69) is 26.8 Å². The first-order valence-electron chi connectivity index (χ1n) is 9.11. The Morgan fingerprint density at radius 1 is 0.923 bits per heavy atom. The lowest BCUT2D eigenvalue weighted by Crippen LogP contribution is -2.54. The third kappa shape index (κ3) is 2.56. The predicted molar refractivity (Wildman–Crippen MR) is 104 cm³/mol. The molecule has 3 nitrogen and oxygen atoms in total. The van der Waals surface area contributed by atoms with Gasteiger partial charge in [-0.15, -0.1) is 0 Å². The van der Waals surface area contributed by atoms with Crippen LogP contribution in [0.1, 0.15) is 47.1 Å². The number of carbonyl (C=O) groups is 2. The van der Waals surface area contributed by atoms with E-state index in [9.17, 15) is 9.59 Å². The van der Waals surface area contributed by atoms with Gasteiger partial charge in [0.25, 0.3) is 0 Å². The molecule has 1 aromatic rings. The van der Waals surface area contributed by atoms with E-state index in [4.69, 9.17) is 4.74 Å². The number of ether oxygens (including phenoxy) is 1. The van der Waals surface area contributed by atoms with Crippen LogP contribution in [0, 0.1) is 22.2 Å². The highest BCUT2D eigenvalue weighted by atomic mass is 16.5. The number of allylic oxidation sites excluding steroid dienone is 4. The highest BCUT2D eigenvalue weighted by Gasteiger charge is 2.58. The minimum Gasteiger partial charge on any atom is -0.497 e. The van der Waals surface area contributed by atoms with Gasteiger partial charge >= 0.3 is 0 Å². The van der Waals surface area contributed by atoms with Gasteiger partial charge in [-0.05, 0) is 34.1 Å². The fraction of sp³-hybridized carbons (Fsp3) is 0.478. The standard InChI is InChI=1S/C23H28O3/c1-21(2,3)17-13-23(22(4,5)6)12-16(18(17)19(24)20(23)25)14-8-10-15(26-7)11-9-14/h8-13,18H,1-7H3. The van der Waals surface area contributed by atoms with Crippen LogP contribution < -0.4 is 4.74 Å². The first-order chi connectivity index (χ1) is 11.9. The number of benzene rings is 1. The Bertz CT molecular complexity index is 826. The maximum absolute atomic E-state index is 13.1. The molecule has 2 atom stereocenters. The van der Waals surface area contributed by atoms with E-state index < -0.39 is 11.3 Å². The molecule has 0 saturated heterocycles. The molecule has 0 fully saturated rings. The summed E-state index contributed by atoms with van der Waals surface area (Å²) < 4.78 is 5.25. The fourth-order valence-corrected chi connectivity index (χ4v) is 4.07. The largest absolute Gasteiger partial charge is 0.497 e. The van der Waals surface area contributed by atoms with Crippen LogP contribution in [0.25, 0.3) is 5.57 Å². The molecule has 3 aliphatic rings. The summed E-state index contributed by atoms with van der Waals surface area (Å²) in [5, 5.41) is 0. The summed E-state index contributed by atoms with van der Waals surface area (Å²) in [5.41, 5.74) is 1.49. The third-order valence-corrected chi connectivity index (χ3v) is 5.78. The molecule has 0 radical (unpaired) electrons. The summed E-state index contributed by atoms with van der Waals surface area (Å²) >= 11 is 0. The second-order valence-corrected chi connectivity index (χ2v) is 9.42. The molecule has 138 valence electrons. The lowest BCUT2D eigenvalue weighted by Gasteiger charge is -2.50. The molecule has 4 rings (SSSR count). The zero-order valence-electron chi connectivity index (χ0n) is 16.8. The van der Waals surface area contributed by atoms with E-state index in [1.165, 1.54) is 0 Å². The van der Waals surface area contributed by atoms with Gasteiger partial charge in [-0.1, -0.05) is 71.4 Å². The van der Waals surface area contributed by atoms with E-state index in [0.717, 1.165) is 22.5 Å². The zero-order valence-corrected chi connectivity index (χ0v) is 16.8. The van der Waals surface area contributed by atoms with Gasteiger partial charge in [0.05, 0.1) is 18.4 Å². The Labute approximate surface area is 156 Å². The molecular weight excluding hydrogens is 324 g/mol. The molecule has 0 aliphatic heterocycles. The smallest absolute Gasteiger partial charge is 0.213 e. The first kappa shape index (κ1) is 18.6. The Hall–Kier alpha value is -2.16. The van der Waals surface area contributed by atoms with Crippen molar-refractivity contribution in [2.45, 2.75) is 41.5 Å². The second kappa shape index (κ2) is 5.67. The van der Waals surface area contributed by atoms with Gasteiger partial charge in [-0.25, -0.2) is 0 Å².